The molecule has 0 radical (unpaired) electrons. The second-order valence-electron chi connectivity index (χ2n) is 8.52. The number of carbonyl (C=O) groups is 2. The van der Waals surface area contributed by atoms with Gasteiger partial charge in [0.2, 0.25) is 15.9 Å². The van der Waals surface area contributed by atoms with Crippen LogP contribution in [0.25, 0.3) is 11.4 Å². The van der Waals surface area contributed by atoms with E-state index in [9.17, 15) is 18.0 Å². The molecule has 0 aliphatic carbocycles. The minimum atomic E-state index is -3.62. The van der Waals surface area contributed by atoms with Crippen molar-refractivity contribution in [1.29, 1.82) is 0 Å². The zero-order chi connectivity index (χ0) is 27.2. The molecule has 0 aliphatic rings. The van der Waals surface area contributed by atoms with Crippen molar-refractivity contribution in [3.63, 3.8) is 0 Å². The molecule has 0 fully saturated rings. The minimum absolute atomic E-state index is 0.0257. The van der Waals surface area contributed by atoms with Crippen molar-refractivity contribution in [2.24, 2.45) is 0 Å². The number of thioether (sulfide) groups is 1. The Balaban J connectivity index is 1.83. The van der Waals surface area contributed by atoms with Crippen molar-refractivity contribution in [3.05, 3.63) is 54.1 Å². The topological polar surface area (TPSA) is 114 Å². The Kier molecular flexibility index (Phi) is 9.63. The Morgan fingerprint density at radius 3 is 2.32 bits per heavy atom. The summed E-state index contributed by atoms with van der Waals surface area (Å²) < 4.78 is 29.5. The monoisotopic (exact) mass is 543 g/mol. The van der Waals surface area contributed by atoms with Crippen LogP contribution in [0.4, 0.5) is 5.69 Å². The Morgan fingerprint density at radius 2 is 1.73 bits per heavy atom. The molecular weight excluding hydrogens is 510 g/mol. The molecule has 1 unspecified atom stereocenters. The van der Waals surface area contributed by atoms with Crippen LogP contribution < -0.4 is 5.32 Å². The fourth-order valence-electron chi connectivity index (χ4n) is 3.78. The number of benzene rings is 2. The SMILES string of the molecule is CCC(C)n1c(SCC(=O)Nc2ccc(C(C)=O)cc2)nnc1-c1cccc(S(=O)(=O)N(CC)CC)c1. The first-order valence-corrected chi connectivity index (χ1v) is 14.6. The van der Waals surface area contributed by atoms with E-state index in [1.807, 2.05) is 38.3 Å². The van der Waals surface area contributed by atoms with Crippen LogP contribution in [0.15, 0.2) is 58.6 Å². The van der Waals surface area contributed by atoms with Crippen molar-refractivity contribution < 1.29 is 18.0 Å². The molecule has 0 aliphatic heterocycles. The molecule has 0 bridgehead atoms. The molecule has 198 valence electrons. The molecule has 2 aromatic carbocycles. The number of nitrogens with zero attached hydrogens (tertiary/aromatic N) is 4. The Bertz CT molecular complexity index is 1350. The van der Waals surface area contributed by atoms with Crippen molar-refractivity contribution in [1.82, 2.24) is 19.1 Å². The van der Waals surface area contributed by atoms with Crippen LogP contribution >= 0.6 is 11.8 Å². The molecule has 1 atom stereocenters. The number of hydrogen-bond acceptors (Lipinski definition) is 7. The molecule has 3 rings (SSSR count). The molecule has 1 aromatic heterocycles. The number of amides is 1. The van der Waals surface area contributed by atoms with Crippen LogP contribution in [0.1, 0.15) is 57.4 Å². The first kappa shape index (κ1) is 28.5. The van der Waals surface area contributed by atoms with Gasteiger partial charge >= 0.3 is 0 Å². The summed E-state index contributed by atoms with van der Waals surface area (Å²) >= 11 is 1.26. The second kappa shape index (κ2) is 12.5. The molecule has 1 heterocycles. The number of carbonyl (C=O) groups excluding carboxylic acids is 2. The molecule has 1 amide bonds. The van der Waals surface area contributed by atoms with Crippen LogP contribution in [0.5, 0.6) is 0 Å². The summed E-state index contributed by atoms with van der Waals surface area (Å²) in [4.78, 5) is 24.2. The third-order valence-electron chi connectivity index (χ3n) is 6.04. The molecule has 0 saturated carbocycles. The Morgan fingerprint density at radius 1 is 1.05 bits per heavy atom. The molecule has 0 saturated heterocycles. The summed E-state index contributed by atoms with van der Waals surface area (Å²) in [6.45, 7) is 9.96. The number of ketones is 1. The van der Waals surface area contributed by atoms with Crippen molar-refractivity contribution in [3.8, 4) is 11.4 Å². The standard InChI is InChI=1S/C26H33N5O4S2/c1-6-18(4)31-25(21-10-9-11-23(16-21)37(34,35)30(7-2)8-3)28-29-26(31)36-17-24(33)27-22-14-12-20(13-15-22)19(5)32/h9-16,18H,6-8,17H2,1-5H3,(H,27,33). The summed E-state index contributed by atoms with van der Waals surface area (Å²) in [6, 6.07) is 13.5. The molecule has 0 spiro atoms. The van der Waals surface area contributed by atoms with Crippen molar-refractivity contribution >= 4 is 39.2 Å². The Hall–Kier alpha value is -3.02. The average molecular weight is 544 g/mol. The van der Waals surface area contributed by atoms with Gasteiger partial charge < -0.3 is 5.32 Å². The zero-order valence-electron chi connectivity index (χ0n) is 21.8. The molecular formula is C26H33N5O4S2. The van der Waals surface area contributed by atoms with Gasteiger partial charge in [0.25, 0.3) is 0 Å². The average Bonchev–Trinajstić information content (AvgIpc) is 3.32. The van der Waals surface area contributed by atoms with E-state index in [1.165, 1.54) is 23.0 Å². The van der Waals surface area contributed by atoms with Crippen LogP contribution in [0, 0.1) is 0 Å². The fraction of sp³-hybridized carbons (Fsp3) is 0.385. The lowest BCUT2D eigenvalue weighted by Gasteiger charge is -2.19. The normalized spacial score (nSPS) is 12.5. The number of aromatic nitrogens is 3. The fourth-order valence-corrected chi connectivity index (χ4v) is 6.12. The van der Waals surface area contributed by atoms with Crippen LogP contribution in [-0.2, 0) is 14.8 Å². The van der Waals surface area contributed by atoms with Gasteiger partial charge in [-0.1, -0.05) is 44.7 Å². The predicted molar refractivity (Wildman–Crippen MR) is 146 cm³/mol. The molecule has 9 nitrogen and oxygen atoms in total. The van der Waals surface area contributed by atoms with Crippen molar-refractivity contribution in [2.45, 2.75) is 57.1 Å². The molecule has 11 heteroatoms. The summed E-state index contributed by atoms with van der Waals surface area (Å²) in [5, 5.41) is 12.1. The van der Waals surface area contributed by atoms with Gasteiger partial charge in [-0.15, -0.1) is 10.2 Å². The highest BCUT2D eigenvalue weighted by Gasteiger charge is 2.24. The minimum Gasteiger partial charge on any atom is -0.325 e. The summed E-state index contributed by atoms with van der Waals surface area (Å²) in [5.74, 6) is 0.408. The van der Waals surface area contributed by atoms with E-state index in [-0.39, 0.29) is 28.4 Å². The third-order valence-corrected chi connectivity index (χ3v) is 9.03. The number of anilines is 1. The lowest BCUT2D eigenvalue weighted by atomic mass is 10.1. The van der Waals surface area contributed by atoms with E-state index >= 15 is 0 Å². The maximum Gasteiger partial charge on any atom is 0.243 e. The van der Waals surface area contributed by atoms with Gasteiger partial charge in [0.1, 0.15) is 0 Å². The quantitative estimate of drug-likeness (QED) is 0.256. The summed E-state index contributed by atoms with van der Waals surface area (Å²) in [5.41, 5.74) is 1.82. The second-order valence-corrected chi connectivity index (χ2v) is 11.4. The van der Waals surface area contributed by atoms with E-state index in [0.717, 1.165) is 6.42 Å². The lowest BCUT2D eigenvalue weighted by Crippen LogP contribution is -2.30. The van der Waals surface area contributed by atoms with E-state index in [4.69, 9.17) is 0 Å². The Labute approximate surface area is 222 Å². The van der Waals surface area contributed by atoms with E-state index in [2.05, 4.69) is 15.5 Å². The number of rotatable bonds is 12. The van der Waals surface area contributed by atoms with Gasteiger partial charge in [0.15, 0.2) is 16.8 Å². The van der Waals surface area contributed by atoms with Crippen LogP contribution in [0.2, 0.25) is 0 Å². The number of sulfonamides is 1. The highest BCUT2D eigenvalue weighted by molar-refractivity contribution is 7.99. The molecule has 37 heavy (non-hydrogen) atoms. The van der Waals surface area contributed by atoms with E-state index in [0.29, 0.717) is 40.9 Å². The summed E-state index contributed by atoms with van der Waals surface area (Å²) in [7, 11) is -3.62. The largest absolute Gasteiger partial charge is 0.325 e. The van der Waals surface area contributed by atoms with Crippen molar-refractivity contribution in [2.75, 3.05) is 24.2 Å². The number of Topliss-reactive ketones (excluding diaryl/α,β-unsaturated/α-hetero) is 1. The molecule has 1 N–H and O–H groups in total. The number of nitrogens with one attached hydrogen (secondary N) is 1. The van der Waals surface area contributed by atoms with Gasteiger partial charge in [0, 0.05) is 35.9 Å². The third kappa shape index (κ3) is 6.65. The predicted octanol–water partition coefficient (Wildman–Crippen LogP) is 4.88. The van der Waals surface area contributed by atoms with Crippen LogP contribution in [-0.4, -0.2) is 58.0 Å². The molecule has 3 aromatic rings. The summed E-state index contributed by atoms with van der Waals surface area (Å²) in [6.07, 6.45) is 0.796. The first-order chi connectivity index (χ1) is 17.6. The lowest BCUT2D eigenvalue weighted by molar-refractivity contribution is -0.113. The van der Waals surface area contributed by atoms with Crippen LogP contribution in [0.3, 0.4) is 0 Å². The van der Waals surface area contributed by atoms with Gasteiger partial charge in [0.05, 0.1) is 10.6 Å². The smallest absolute Gasteiger partial charge is 0.243 e. The van der Waals surface area contributed by atoms with E-state index in [1.54, 1.807) is 42.5 Å². The zero-order valence-corrected chi connectivity index (χ0v) is 23.4. The maximum absolute atomic E-state index is 13.1. The highest BCUT2D eigenvalue weighted by atomic mass is 32.2. The number of hydrogen-bond donors (Lipinski definition) is 1. The van der Waals surface area contributed by atoms with Gasteiger partial charge in [-0.3, -0.25) is 14.2 Å². The van der Waals surface area contributed by atoms with Gasteiger partial charge in [-0.25, -0.2) is 8.42 Å². The highest BCUT2D eigenvalue weighted by Crippen LogP contribution is 2.30. The first-order valence-electron chi connectivity index (χ1n) is 12.2. The van der Waals surface area contributed by atoms with Gasteiger partial charge in [-0.05, 0) is 56.7 Å². The maximum atomic E-state index is 13.1. The van der Waals surface area contributed by atoms with E-state index < -0.39 is 10.0 Å². The van der Waals surface area contributed by atoms with Gasteiger partial charge in [-0.2, -0.15) is 4.31 Å².